The number of nitrogens with zero attached hydrogens (tertiary/aromatic N) is 3. The first-order chi connectivity index (χ1) is 16.6. The summed E-state index contributed by atoms with van der Waals surface area (Å²) in [6.45, 7) is 4.68. The van der Waals surface area contributed by atoms with Gasteiger partial charge in [-0.15, -0.1) is 0 Å². The van der Waals surface area contributed by atoms with E-state index in [0.717, 1.165) is 54.0 Å². The van der Waals surface area contributed by atoms with E-state index in [9.17, 15) is 9.18 Å². The molecule has 1 aliphatic heterocycles. The maximum absolute atomic E-state index is 13.8. The van der Waals surface area contributed by atoms with Gasteiger partial charge in [0.05, 0.1) is 17.6 Å². The molecule has 5 rings (SSSR count). The van der Waals surface area contributed by atoms with Crippen molar-refractivity contribution in [2.24, 2.45) is 5.92 Å². The van der Waals surface area contributed by atoms with Crippen LogP contribution in [0.4, 0.5) is 10.3 Å². The van der Waals surface area contributed by atoms with Crippen LogP contribution >= 0.6 is 0 Å². The number of fused-ring (bicyclic) bond motifs is 1. The van der Waals surface area contributed by atoms with Gasteiger partial charge in [-0.25, -0.2) is 9.37 Å². The zero-order valence-corrected chi connectivity index (χ0v) is 19.4. The van der Waals surface area contributed by atoms with Gasteiger partial charge in [-0.3, -0.25) is 4.79 Å². The molecule has 4 aromatic rings. The van der Waals surface area contributed by atoms with Gasteiger partial charge in [-0.2, -0.15) is 0 Å². The van der Waals surface area contributed by atoms with Crippen molar-refractivity contribution in [2.75, 3.05) is 18.0 Å². The topological polar surface area (TPSA) is 50.2 Å². The minimum Gasteiger partial charge on any atom is -0.352 e. The molecule has 0 atom stereocenters. The SMILES string of the molecule is Cc1cccc(CNC(=O)C2CCN(c3nc4ccccc4n3Cc3cccc(F)c3)CC2)c1. The lowest BCUT2D eigenvalue weighted by Crippen LogP contribution is -2.41. The Morgan fingerprint density at radius 2 is 1.76 bits per heavy atom. The van der Waals surface area contributed by atoms with Crippen molar-refractivity contribution in [2.45, 2.75) is 32.9 Å². The standard InChI is InChI=1S/C28H29FN4O/c1-20-6-4-7-21(16-20)18-30-27(34)23-12-14-32(15-13-23)28-31-25-10-2-3-11-26(25)33(28)19-22-8-5-9-24(29)17-22/h2-11,16-17,23H,12-15,18-19H2,1H3,(H,30,34). The van der Waals surface area contributed by atoms with Crippen molar-refractivity contribution >= 4 is 22.9 Å². The number of piperidine rings is 1. The molecule has 0 spiro atoms. The van der Waals surface area contributed by atoms with Crippen LogP contribution < -0.4 is 10.2 Å². The summed E-state index contributed by atoms with van der Waals surface area (Å²) < 4.78 is 16.0. The molecule has 3 aromatic carbocycles. The van der Waals surface area contributed by atoms with Crippen LogP contribution in [0.2, 0.25) is 0 Å². The fraction of sp³-hybridized carbons (Fsp3) is 0.286. The van der Waals surface area contributed by atoms with Crippen LogP contribution in [0.15, 0.2) is 72.8 Å². The van der Waals surface area contributed by atoms with Crippen LogP contribution in [0.3, 0.4) is 0 Å². The number of para-hydroxylation sites is 2. The van der Waals surface area contributed by atoms with Gasteiger partial charge >= 0.3 is 0 Å². The smallest absolute Gasteiger partial charge is 0.223 e. The summed E-state index contributed by atoms with van der Waals surface area (Å²) in [7, 11) is 0. The number of benzene rings is 3. The van der Waals surface area contributed by atoms with E-state index in [4.69, 9.17) is 4.98 Å². The quantitative estimate of drug-likeness (QED) is 0.441. The fourth-order valence-corrected chi connectivity index (χ4v) is 4.78. The molecule has 1 aliphatic rings. The number of halogens is 1. The molecule has 0 unspecified atom stereocenters. The molecule has 0 saturated carbocycles. The number of anilines is 1. The van der Waals surface area contributed by atoms with Crippen LogP contribution in [0.5, 0.6) is 0 Å². The second-order valence-electron chi connectivity index (χ2n) is 9.08. The Bertz CT molecular complexity index is 1310. The number of aromatic nitrogens is 2. The number of carbonyl (C=O) groups is 1. The van der Waals surface area contributed by atoms with Crippen LogP contribution in [-0.2, 0) is 17.9 Å². The number of carbonyl (C=O) groups excluding carboxylic acids is 1. The van der Waals surface area contributed by atoms with Gasteiger partial charge in [-0.05, 0) is 55.2 Å². The van der Waals surface area contributed by atoms with Crippen molar-refractivity contribution in [1.82, 2.24) is 14.9 Å². The van der Waals surface area contributed by atoms with Gasteiger partial charge in [0.1, 0.15) is 5.82 Å². The molecular formula is C28H29FN4O. The first kappa shape index (κ1) is 22.1. The van der Waals surface area contributed by atoms with Crippen LogP contribution in [0.1, 0.15) is 29.5 Å². The predicted octanol–water partition coefficient (Wildman–Crippen LogP) is 5.06. The molecule has 1 aromatic heterocycles. The lowest BCUT2D eigenvalue weighted by atomic mass is 9.96. The minimum absolute atomic E-state index is 0.00195. The van der Waals surface area contributed by atoms with Crippen LogP contribution in [0.25, 0.3) is 11.0 Å². The van der Waals surface area contributed by atoms with E-state index < -0.39 is 0 Å². The van der Waals surface area contributed by atoms with E-state index >= 15 is 0 Å². The highest BCUT2D eigenvalue weighted by Crippen LogP contribution is 2.28. The van der Waals surface area contributed by atoms with Gasteiger partial charge in [0.15, 0.2) is 0 Å². The third-order valence-electron chi connectivity index (χ3n) is 6.56. The van der Waals surface area contributed by atoms with Crippen LogP contribution in [0, 0.1) is 18.7 Å². The number of imidazole rings is 1. The Hall–Kier alpha value is -3.67. The van der Waals surface area contributed by atoms with Crippen molar-refractivity contribution in [3.63, 3.8) is 0 Å². The Morgan fingerprint density at radius 3 is 2.56 bits per heavy atom. The summed E-state index contributed by atoms with van der Waals surface area (Å²) in [5.74, 6) is 0.765. The molecule has 6 heteroatoms. The van der Waals surface area contributed by atoms with E-state index in [1.54, 1.807) is 12.1 Å². The summed E-state index contributed by atoms with van der Waals surface area (Å²) in [6.07, 6.45) is 1.56. The molecule has 2 heterocycles. The van der Waals surface area contributed by atoms with E-state index in [0.29, 0.717) is 13.1 Å². The highest BCUT2D eigenvalue weighted by atomic mass is 19.1. The fourth-order valence-electron chi connectivity index (χ4n) is 4.78. The van der Waals surface area contributed by atoms with Crippen molar-refractivity contribution in [3.8, 4) is 0 Å². The molecule has 1 N–H and O–H groups in total. The molecule has 1 saturated heterocycles. The van der Waals surface area contributed by atoms with Crippen LogP contribution in [-0.4, -0.2) is 28.5 Å². The number of hydrogen-bond donors (Lipinski definition) is 1. The van der Waals surface area contributed by atoms with Gasteiger partial charge < -0.3 is 14.8 Å². The highest BCUT2D eigenvalue weighted by Gasteiger charge is 2.27. The molecule has 34 heavy (non-hydrogen) atoms. The summed E-state index contributed by atoms with van der Waals surface area (Å²) in [4.78, 5) is 20.0. The number of amides is 1. The largest absolute Gasteiger partial charge is 0.352 e. The molecule has 0 bridgehead atoms. The maximum Gasteiger partial charge on any atom is 0.223 e. The molecule has 1 fully saturated rings. The van der Waals surface area contributed by atoms with E-state index in [1.165, 1.54) is 11.6 Å². The Morgan fingerprint density at radius 1 is 1.00 bits per heavy atom. The summed E-state index contributed by atoms with van der Waals surface area (Å²) in [5, 5.41) is 3.11. The Balaban J connectivity index is 1.28. The zero-order valence-electron chi connectivity index (χ0n) is 19.4. The summed E-state index contributed by atoms with van der Waals surface area (Å²) in [6, 6.07) is 23.0. The molecule has 0 aliphatic carbocycles. The molecule has 1 amide bonds. The normalized spacial score (nSPS) is 14.5. The monoisotopic (exact) mass is 456 g/mol. The third kappa shape index (κ3) is 4.81. The van der Waals surface area contributed by atoms with Crippen molar-refractivity contribution < 1.29 is 9.18 Å². The number of hydrogen-bond acceptors (Lipinski definition) is 3. The van der Waals surface area contributed by atoms with E-state index in [-0.39, 0.29) is 17.6 Å². The number of aryl methyl sites for hydroxylation is 1. The zero-order chi connectivity index (χ0) is 23.5. The van der Waals surface area contributed by atoms with Gasteiger partial charge in [0.25, 0.3) is 0 Å². The average molecular weight is 457 g/mol. The third-order valence-corrected chi connectivity index (χ3v) is 6.56. The van der Waals surface area contributed by atoms with Gasteiger partial charge in [-0.1, -0.05) is 54.1 Å². The molecule has 5 nitrogen and oxygen atoms in total. The van der Waals surface area contributed by atoms with E-state index in [1.807, 2.05) is 36.4 Å². The minimum atomic E-state index is -0.235. The highest BCUT2D eigenvalue weighted by molar-refractivity contribution is 5.80. The van der Waals surface area contributed by atoms with Gasteiger partial charge in [0, 0.05) is 25.6 Å². The first-order valence-corrected chi connectivity index (χ1v) is 11.8. The summed E-state index contributed by atoms with van der Waals surface area (Å²) in [5.41, 5.74) is 5.17. The Kier molecular flexibility index (Phi) is 6.30. The van der Waals surface area contributed by atoms with Crippen molar-refractivity contribution in [3.05, 3.63) is 95.3 Å². The molecular weight excluding hydrogens is 427 g/mol. The number of nitrogens with one attached hydrogen (secondary N) is 1. The number of rotatable bonds is 6. The average Bonchev–Trinajstić information content (AvgIpc) is 3.21. The first-order valence-electron chi connectivity index (χ1n) is 11.8. The van der Waals surface area contributed by atoms with Gasteiger partial charge in [0.2, 0.25) is 11.9 Å². The molecule has 174 valence electrons. The second kappa shape index (κ2) is 9.67. The lowest BCUT2D eigenvalue weighted by Gasteiger charge is -2.32. The second-order valence-corrected chi connectivity index (χ2v) is 9.08. The Labute approximate surface area is 199 Å². The lowest BCUT2D eigenvalue weighted by molar-refractivity contribution is -0.125. The maximum atomic E-state index is 13.8. The predicted molar refractivity (Wildman–Crippen MR) is 133 cm³/mol. The molecule has 0 radical (unpaired) electrons. The van der Waals surface area contributed by atoms with E-state index in [2.05, 4.69) is 39.9 Å². The van der Waals surface area contributed by atoms with Crippen molar-refractivity contribution in [1.29, 1.82) is 0 Å². The summed E-state index contributed by atoms with van der Waals surface area (Å²) >= 11 is 0.